The molecule has 0 saturated heterocycles. The van der Waals surface area contributed by atoms with E-state index in [1.54, 1.807) is 13.2 Å². The topological polar surface area (TPSA) is 47.3 Å². The number of halogens is 2. The fourth-order valence-electron chi connectivity index (χ4n) is 2.30. The Morgan fingerprint density at radius 1 is 1.39 bits per heavy atom. The Labute approximate surface area is 105 Å². The van der Waals surface area contributed by atoms with Crippen molar-refractivity contribution in [3.05, 3.63) is 35.4 Å². The summed E-state index contributed by atoms with van der Waals surface area (Å²) in [6, 6.07) is 3.83. The number of hydrogen-bond acceptors (Lipinski definition) is 3. The molecule has 1 aliphatic rings. The van der Waals surface area contributed by atoms with Gasteiger partial charge in [-0.2, -0.15) is 0 Å². The summed E-state index contributed by atoms with van der Waals surface area (Å²) in [6.45, 7) is 0. The van der Waals surface area contributed by atoms with E-state index in [4.69, 9.17) is 10.6 Å². The summed E-state index contributed by atoms with van der Waals surface area (Å²) in [5.41, 5.74) is 3.42. The first-order chi connectivity index (χ1) is 8.65. The summed E-state index contributed by atoms with van der Waals surface area (Å²) in [6.07, 6.45) is 2.80. The van der Waals surface area contributed by atoms with Gasteiger partial charge in [0, 0.05) is 7.11 Å². The van der Waals surface area contributed by atoms with E-state index >= 15 is 0 Å². The molecule has 1 aliphatic carbocycles. The van der Waals surface area contributed by atoms with Gasteiger partial charge in [-0.1, -0.05) is 6.07 Å². The number of hydrazine groups is 1. The Morgan fingerprint density at radius 2 is 2.11 bits per heavy atom. The quantitative estimate of drug-likeness (QED) is 0.602. The number of methoxy groups -OCH3 is 1. The smallest absolute Gasteiger partial charge is 0.159 e. The molecular weight excluding hydrogens is 238 g/mol. The van der Waals surface area contributed by atoms with E-state index in [0.717, 1.165) is 18.9 Å². The number of hydrogen-bond donors (Lipinski definition) is 2. The minimum absolute atomic E-state index is 0.0168. The van der Waals surface area contributed by atoms with Gasteiger partial charge in [0.2, 0.25) is 0 Å². The van der Waals surface area contributed by atoms with Crippen LogP contribution in [0.15, 0.2) is 18.2 Å². The third kappa shape index (κ3) is 3.04. The standard InChI is InChI=1S/C13H18F2N2O/c1-18-13(9-3-4-9)12(17-16)7-8-2-5-10(14)11(15)6-8/h2,5-6,9,12-13,17H,3-4,7,16H2,1H3. The van der Waals surface area contributed by atoms with Gasteiger partial charge < -0.3 is 4.74 Å². The minimum Gasteiger partial charge on any atom is -0.379 e. The van der Waals surface area contributed by atoms with Crippen LogP contribution in [0, 0.1) is 17.6 Å². The van der Waals surface area contributed by atoms with Crippen molar-refractivity contribution in [2.45, 2.75) is 31.4 Å². The number of nitrogens with two attached hydrogens (primary N) is 1. The molecule has 5 heteroatoms. The first-order valence-corrected chi connectivity index (χ1v) is 6.08. The van der Waals surface area contributed by atoms with Crippen molar-refractivity contribution in [3.8, 4) is 0 Å². The third-order valence-electron chi connectivity index (χ3n) is 3.41. The number of benzene rings is 1. The second-order valence-corrected chi connectivity index (χ2v) is 4.76. The zero-order valence-electron chi connectivity index (χ0n) is 10.3. The fourth-order valence-corrected chi connectivity index (χ4v) is 2.30. The van der Waals surface area contributed by atoms with E-state index < -0.39 is 11.6 Å². The molecule has 1 aromatic rings. The van der Waals surface area contributed by atoms with Crippen LogP contribution in [0.2, 0.25) is 0 Å². The van der Waals surface area contributed by atoms with Crippen LogP contribution in [0.4, 0.5) is 8.78 Å². The molecule has 0 spiro atoms. The lowest BCUT2D eigenvalue weighted by Crippen LogP contribution is -2.47. The van der Waals surface area contributed by atoms with E-state index in [0.29, 0.717) is 17.9 Å². The molecule has 3 N–H and O–H groups in total. The van der Waals surface area contributed by atoms with E-state index in [9.17, 15) is 8.78 Å². The van der Waals surface area contributed by atoms with Crippen molar-refractivity contribution in [2.24, 2.45) is 11.8 Å². The number of rotatable bonds is 6. The maximum Gasteiger partial charge on any atom is 0.159 e. The second-order valence-electron chi connectivity index (χ2n) is 4.76. The summed E-state index contributed by atoms with van der Waals surface area (Å²) in [4.78, 5) is 0. The molecule has 0 aromatic heterocycles. The molecule has 0 amide bonds. The fraction of sp³-hybridized carbons (Fsp3) is 0.538. The molecule has 0 bridgehead atoms. The van der Waals surface area contributed by atoms with Crippen molar-refractivity contribution >= 4 is 0 Å². The van der Waals surface area contributed by atoms with Gasteiger partial charge >= 0.3 is 0 Å². The summed E-state index contributed by atoms with van der Waals surface area (Å²) < 4.78 is 31.4. The van der Waals surface area contributed by atoms with Crippen LogP contribution in [-0.4, -0.2) is 19.3 Å². The average Bonchev–Trinajstić information content (AvgIpc) is 3.18. The van der Waals surface area contributed by atoms with Gasteiger partial charge in [-0.15, -0.1) is 0 Å². The summed E-state index contributed by atoms with van der Waals surface area (Å²) in [5.74, 6) is 4.39. The molecule has 1 saturated carbocycles. The lowest BCUT2D eigenvalue weighted by atomic mass is 9.98. The van der Waals surface area contributed by atoms with E-state index in [-0.39, 0.29) is 12.1 Å². The summed E-state index contributed by atoms with van der Waals surface area (Å²) >= 11 is 0. The van der Waals surface area contributed by atoms with Gasteiger partial charge in [-0.05, 0) is 42.9 Å². The SMILES string of the molecule is COC(C1CC1)C(Cc1ccc(F)c(F)c1)NN. The predicted octanol–water partition coefficient (Wildman–Crippen LogP) is 1.76. The molecule has 2 rings (SSSR count). The maximum atomic E-state index is 13.1. The number of nitrogens with one attached hydrogen (secondary N) is 1. The molecule has 1 aromatic carbocycles. The maximum absolute atomic E-state index is 13.1. The molecule has 1 fully saturated rings. The third-order valence-corrected chi connectivity index (χ3v) is 3.41. The molecule has 0 heterocycles. The highest BCUT2D eigenvalue weighted by Gasteiger charge is 2.36. The van der Waals surface area contributed by atoms with Crippen LogP contribution < -0.4 is 11.3 Å². The van der Waals surface area contributed by atoms with Crippen molar-refractivity contribution in [1.29, 1.82) is 0 Å². The van der Waals surface area contributed by atoms with E-state index in [1.165, 1.54) is 6.07 Å². The van der Waals surface area contributed by atoms with Gasteiger partial charge in [-0.3, -0.25) is 11.3 Å². The van der Waals surface area contributed by atoms with Crippen LogP contribution in [0.25, 0.3) is 0 Å². The predicted molar refractivity (Wildman–Crippen MR) is 64.7 cm³/mol. The zero-order valence-corrected chi connectivity index (χ0v) is 10.3. The Hall–Kier alpha value is -1.04. The molecule has 0 radical (unpaired) electrons. The van der Waals surface area contributed by atoms with Crippen LogP contribution in [0.5, 0.6) is 0 Å². The first kappa shape index (κ1) is 13.4. The van der Waals surface area contributed by atoms with Crippen LogP contribution in [0.1, 0.15) is 18.4 Å². The van der Waals surface area contributed by atoms with Crippen molar-refractivity contribution < 1.29 is 13.5 Å². The highest BCUT2D eigenvalue weighted by Crippen LogP contribution is 2.36. The van der Waals surface area contributed by atoms with Gasteiger partial charge in [-0.25, -0.2) is 8.78 Å². The Kier molecular flexibility index (Phi) is 4.27. The number of ether oxygens (including phenoxy) is 1. The highest BCUT2D eigenvalue weighted by molar-refractivity contribution is 5.19. The molecule has 18 heavy (non-hydrogen) atoms. The van der Waals surface area contributed by atoms with Gasteiger partial charge in [0.15, 0.2) is 11.6 Å². The highest BCUT2D eigenvalue weighted by atomic mass is 19.2. The lowest BCUT2D eigenvalue weighted by Gasteiger charge is -2.25. The zero-order chi connectivity index (χ0) is 13.1. The second kappa shape index (κ2) is 5.73. The summed E-state index contributed by atoms with van der Waals surface area (Å²) in [7, 11) is 1.65. The van der Waals surface area contributed by atoms with Crippen molar-refractivity contribution in [3.63, 3.8) is 0 Å². The van der Waals surface area contributed by atoms with Crippen molar-refractivity contribution in [1.82, 2.24) is 5.43 Å². The largest absolute Gasteiger partial charge is 0.379 e. The molecular formula is C13H18F2N2O. The Bertz CT molecular complexity index is 410. The Balaban J connectivity index is 2.06. The summed E-state index contributed by atoms with van der Waals surface area (Å²) in [5, 5.41) is 0. The average molecular weight is 256 g/mol. The van der Waals surface area contributed by atoms with E-state index in [1.807, 2.05) is 0 Å². The van der Waals surface area contributed by atoms with Gasteiger partial charge in [0.25, 0.3) is 0 Å². The molecule has 0 aliphatic heterocycles. The first-order valence-electron chi connectivity index (χ1n) is 6.08. The van der Waals surface area contributed by atoms with Crippen LogP contribution in [0.3, 0.4) is 0 Å². The molecule has 3 nitrogen and oxygen atoms in total. The lowest BCUT2D eigenvalue weighted by molar-refractivity contribution is 0.0511. The van der Waals surface area contributed by atoms with Crippen molar-refractivity contribution in [2.75, 3.05) is 7.11 Å². The van der Waals surface area contributed by atoms with E-state index in [2.05, 4.69) is 5.43 Å². The molecule has 2 unspecified atom stereocenters. The van der Waals surface area contributed by atoms with Crippen LogP contribution >= 0.6 is 0 Å². The Morgan fingerprint density at radius 3 is 2.61 bits per heavy atom. The monoisotopic (exact) mass is 256 g/mol. The minimum atomic E-state index is -0.832. The van der Waals surface area contributed by atoms with Crippen LogP contribution in [-0.2, 0) is 11.2 Å². The molecule has 100 valence electrons. The molecule has 2 atom stereocenters. The van der Waals surface area contributed by atoms with Gasteiger partial charge in [0.05, 0.1) is 12.1 Å². The normalized spacial score (nSPS) is 18.7. The van der Waals surface area contributed by atoms with Gasteiger partial charge in [0.1, 0.15) is 0 Å².